The maximum atomic E-state index is 13.5. The first-order valence-corrected chi connectivity index (χ1v) is 5.90. The number of benzene rings is 1. The van der Waals surface area contributed by atoms with Crippen molar-refractivity contribution in [3.05, 3.63) is 41.3 Å². The number of carboxylic acid groups (broad SMARTS) is 1. The first-order valence-electron chi connectivity index (χ1n) is 5.90. The molecule has 1 heterocycles. The Bertz CT molecular complexity index is 684. The van der Waals surface area contributed by atoms with E-state index in [1.807, 2.05) is 0 Å². The highest BCUT2D eigenvalue weighted by Crippen LogP contribution is 2.18. The third kappa shape index (κ3) is 3.56. The number of carbonyl (C=O) groups is 2. The molecule has 0 fully saturated rings. The maximum absolute atomic E-state index is 13.5. The van der Waals surface area contributed by atoms with Crippen LogP contribution in [0.15, 0.2) is 24.3 Å². The zero-order chi connectivity index (χ0) is 15.4. The second-order valence-electron chi connectivity index (χ2n) is 4.17. The number of hydrogen-bond acceptors (Lipinski definition) is 4. The summed E-state index contributed by atoms with van der Waals surface area (Å²) in [5.74, 6) is -2.00. The zero-order valence-corrected chi connectivity index (χ0v) is 11.0. The van der Waals surface area contributed by atoms with Crippen molar-refractivity contribution >= 4 is 17.7 Å². The molecular formula is C13H12FN3O4. The number of H-pyrrole nitrogens is 1. The number of nitrogens with one attached hydrogen (secondary N) is 2. The highest BCUT2D eigenvalue weighted by atomic mass is 19.1. The monoisotopic (exact) mass is 293 g/mol. The van der Waals surface area contributed by atoms with Crippen LogP contribution in [-0.4, -0.2) is 34.3 Å². The van der Waals surface area contributed by atoms with E-state index in [0.717, 1.165) is 0 Å². The minimum atomic E-state index is -1.18. The largest absolute Gasteiger partial charge is 0.494 e. The molecule has 3 N–H and O–H groups in total. The lowest BCUT2D eigenvalue weighted by Crippen LogP contribution is -2.14. The number of nitrogens with zero attached hydrogens (tertiary/aromatic N) is 1. The van der Waals surface area contributed by atoms with E-state index in [4.69, 9.17) is 9.84 Å². The third-order valence-corrected chi connectivity index (χ3v) is 2.66. The van der Waals surface area contributed by atoms with Crippen molar-refractivity contribution in [3.63, 3.8) is 0 Å². The van der Waals surface area contributed by atoms with Crippen LogP contribution < -0.4 is 10.1 Å². The van der Waals surface area contributed by atoms with E-state index in [0.29, 0.717) is 5.56 Å². The van der Waals surface area contributed by atoms with Crippen molar-refractivity contribution in [1.29, 1.82) is 0 Å². The molecule has 0 unspecified atom stereocenters. The predicted octanol–water partition coefficient (Wildman–Crippen LogP) is 1.44. The molecule has 0 aliphatic heterocycles. The van der Waals surface area contributed by atoms with Gasteiger partial charge in [-0.25, -0.2) is 9.18 Å². The molecule has 2 aromatic rings. The van der Waals surface area contributed by atoms with E-state index in [1.165, 1.54) is 25.3 Å². The number of methoxy groups -OCH3 is 1. The van der Waals surface area contributed by atoms with E-state index in [9.17, 15) is 14.0 Å². The Balaban J connectivity index is 2.01. The number of aromatic amines is 1. The number of aromatic nitrogens is 2. The molecular weight excluding hydrogens is 281 g/mol. The average Bonchev–Trinajstić information content (AvgIpc) is 2.87. The lowest BCUT2D eigenvalue weighted by molar-refractivity contribution is -0.115. The van der Waals surface area contributed by atoms with Gasteiger partial charge in [-0.3, -0.25) is 9.89 Å². The van der Waals surface area contributed by atoms with Crippen molar-refractivity contribution in [1.82, 2.24) is 10.2 Å². The van der Waals surface area contributed by atoms with Crippen LogP contribution in [0.1, 0.15) is 16.1 Å². The molecule has 2 rings (SSSR count). The molecule has 0 atom stereocenters. The first kappa shape index (κ1) is 14.5. The summed E-state index contributed by atoms with van der Waals surface area (Å²) in [7, 11) is 1.35. The predicted molar refractivity (Wildman–Crippen MR) is 70.8 cm³/mol. The van der Waals surface area contributed by atoms with Crippen LogP contribution in [0.3, 0.4) is 0 Å². The smallest absolute Gasteiger partial charge is 0.353 e. The minimum Gasteiger partial charge on any atom is -0.494 e. The van der Waals surface area contributed by atoms with Crippen molar-refractivity contribution in [3.8, 4) is 5.75 Å². The molecule has 0 spiro atoms. The van der Waals surface area contributed by atoms with Gasteiger partial charge < -0.3 is 15.2 Å². The number of halogens is 1. The van der Waals surface area contributed by atoms with Gasteiger partial charge in [-0.1, -0.05) is 6.07 Å². The number of carboxylic acids is 1. The van der Waals surface area contributed by atoms with E-state index in [1.54, 1.807) is 6.07 Å². The minimum absolute atomic E-state index is 0.0732. The van der Waals surface area contributed by atoms with Gasteiger partial charge in [0.2, 0.25) is 5.91 Å². The van der Waals surface area contributed by atoms with Crippen LogP contribution >= 0.6 is 0 Å². The summed E-state index contributed by atoms with van der Waals surface area (Å²) >= 11 is 0. The van der Waals surface area contributed by atoms with Gasteiger partial charge in [0.05, 0.1) is 13.5 Å². The molecule has 0 aliphatic rings. The molecule has 1 aromatic heterocycles. The summed E-state index contributed by atoms with van der Waals surface area (Å²) in [4.78, 5) is 22.4. The molecule has 0 saturated carbocycles. The van der Waals surface area contributed by atoms with Gasteiger partial charge in [0.1, 0.15) is 5.69 Å². The first-order chi connectivity index (χ1) is 9.99. The zero-order valence-electron chi connectivity index (χ0n) is 11.0. The van der Waals surface area contributed by atoms with Crippen LogP contribution in [0.5, 0.6) is 5.75 Å². The fourth-order valence-corrected chi connectivity index (χ4v) is 1.69. The number of carbonyl (C=O) groups excluding carboxylic acids is 1. The number of rotatable bonds is 5. The van der Waals surface area contributed by atoms with Crippen LogP contribution in [0.4, 0.5) is 10.2 Å². The number of aromatic carboxylic acids is 1. The standard InChI is InChI=1S/C13H12FN3O4/c1-21-10-3-2-7(4-8(10)14)5-12(18)15-11-6-9(13(19)20)16-17-11/h2-4,6H,5H2,1H3,(H,19,20)(H2,15,16,17,18). The topological polar surface area (TPSA) is 104 Å². The van der Waals surface area contributed by atoms with Gasteiger partial charge in [0.15, 0.2) is 17.4 Å². The van der Waals surface area contributed by atoms with Gasteiger partial charge in [-0.05, 0) is 17.7 Å². The maximum Gasteiger partial charge on any atom is 0.353 e. The van der Waals surface area contributed by atoms with Crippen LogP contribution in [0.25, 0.3) is 0 Å². The second-order valence-corrected chi connectivity index (χ2v) is 4.17. The van der Waals surface area contributed by atoms with Crippen molar-refractivity contribution in [2.75, 3.05) is 12.4 Å². The van der Waals surface area contributed by atoms with Crippen molar-refractivity contribution in [2.24, 2.45) is 0 Å². The Labute approximate surface area is 118 Å². The Kier molecular flexibility index (Phi) is 4.17. The second kappa shape index (κ2) is 6.04. The molecule has 1 amide bonds. The van der Waals surface area contributed by atoms with Gasteiger partial charge in [0, 0.05) is 6.07 Å². The Morgan fingerprint density at radius 2 is 2.19 bits per heavy atom. The summed E-state index contributed by atoms with van der Waals surface area (Å²) in [5.41, 5.74) is 0.320. The molecule has 0 bridgehead atoms. The summed E-state index contributed by atoms with van der Waals surface area (Å²) in [6.45, 7) is 0. The van der Waals surface area contributed by atoms with Crippen LogP contribution in [0, 0.1) is 5.82 Å². The number of amides is 1. The Hall–Kier alpha value is -2.90. The number of anilines is 1. The van der Waals surface area contributed by atoms with E-state index in [-0.39, 0.29) is 23.7 Å². The summed E-state index contributed by atoms with van der Waals surface area (Å²) in [6.07, 6.45) is -0.0732. The average molecular weight is 293 g/mol. The van der Waals surface area contributed by atoms with Crippen molar-refractivity contribution in [2.45, 2.75) is 6.42 Å². The number of ether oxygens (including phenoxy) is 1. The summed E-state index contributed by atoms with van der Waals surface area (Å²) in [6, 6.07) is 5.38. The van der Waals surface area contributed by atoms with E-state index >= 15 is 0 Å². The van der Waals surface area contributed by atoms with E-state index < -0.39 is 17.7 Å². The van der Waals surface area contributed by atoms with Crippen LogP contribution in [0.2, 0.25) is 0 Å². The molecule has 110 valence electrons. The lowest BCUT2D eigenvalue weighted by atomic mass is 10.1. The molecule has 1 aromatic carbocycles. The van der Waals surface area contributed by atoms with E-state index in [2.05, 4.69) is 15.5 Å². The van der Waals surface area contributed by atoms with Gasteiger partial charge in [-0.2, -0.15) is 5.10 Å². The fourth-order valence-electron chi connectivity index (χ4n) is 1.69. The number of hydrogen-bond donors (Lipinski definition) is 3. The van der Waals surface area contributed by atoms with Gasteiger partial charge >= 0.3 is 5.97 Å². The highest BCUT2D eigenvalue weighted by molar-refractivity contribution is 5.93. The molecule has 21 heavy (non-hydrogen) atoms. The normalized spacial score (nSPS) is 10.2. The summed E-state index contributed by atoms with van der Waals surface area (Å²) < 4.78 is 18.3. The van der Waals surface area contributed by atoms with Crippen LogP contribution in [-0.2, 0) is 11.2 Å². The SMILES string of the molecule is COc1ccc(CC(=O)Nc2cc(C(=O)O)[nH]n2)cc1F. The highest BCUT2D eigenvalue weighted by Gasteiger charge is 2.11. The van der Waals surface area contributed by atoms with Crippen molar-refractivity contribution < 1.29 is 23.8 Å². The quantitative estimate of drug-likeness (QED) is 0.773. The van der Waals surface area contributed by atoms with Gasteiger partial charge in [-0.15, -0.1) is 0 Å². The molecule has 8 heteroatoms. The van der Waals surface area contributed by atoms with Gasteiger partial charge in [0.25, 0.3) is 0 Å². The molecule has 0 saturated heterocycles. The fraction of sp³-hybridized carbons (Fsp3) is 0.154. The Morgan fingerprint density at radius 1 is 1.43 bits per heavy atom. The summed E-state index contributed by atoms with van der Waals surface area (Å²) in [5, 5.41) is 17.0. The molecule has 7 nitrogen and oxygen atoms in total. The molecule has 0 radical (unpaired) electrons. The lowest BCUT2D eigenvalue weighted by Gasteiger charge is -2.05. The Morgan fingerprint density at radius 3 is 2.76 bits per heavy atom. The third-order valence-electron chi connectivity index (χ3n) is 2.66. The molecule has 0 aliphatic carbocycles.